The van der Waals surface area contributed by atoms with Gasteiger partial charge in [0.25, 0.3) is 0 Å². The van der Waals surface area contributed by atoms with Gasteiger partial charge < -0.3 is 15.0 Å². The van der Waals surface area contributed by atoms with Crippen molar-refractivity contribution >= 4 is 12.0 Å². The molecule has 1 aromatic rings. The van der Waals surface area contributed by atoms with Gasteiger partial charge in [-0.1, -0.05) is 0 Å². The number of hydrogen-bond acceptors (Lipinski definition) is 5. The standard InChI is InChI=1S/C16H27N5O3/c1-16(2,3)24-15(23)21-8-6-12(7-9-21)10-17-14(22)5-4-13-11-18-20-19-13/h11-12H,4-10H2,1-3H3,(H,17,22)(H,18,19,20). The average Bonchev–Trinajstić information content (AvgIpc) is 3.03. The molecule has 0 aromatic carbocycles. The number of carbonyl (C=O) groups excluding carboxylic acids is 2. The van der Waals surface area contributed by atoms with Gasteiger partial charge >= 0.3 is 6.09 Å². The maximum atomic E-state index is 12.0. The molecule has 24 heavy (non-hydrogen) atoms. The maximum absolute atomic E-state index is 12.0. The molecule has 8 heteroatoms. The minimum absolute atomic E-state index is 0.0209. The summed E-state index contributed by atoms with van der Waals surface area (Å²) in [6.45, 7) is 7.60. The number of H-pyrrole nitrogens is 1. The summed E-state index contributed by atoms with van der Waals surface area (Å²) in [5.74, 6) is 0.423. The molecule has 8 nitrogen and oxygen atoms in total. The third kappa shape index (κ3) is 6.17. The molecule has 1 fully saturated rings. The van der Waals surface area contributed by atoms with Crippen LogP contribution in [-0.4, -0.2) is 57.5 Å². The molecule has 0 aliphatic carbocycles. The molecule has 2 rings (SSSR count). The van der Waals surface area contributed by atoms with Crippen LogP contribution in [-0.2, 0) is 16.0 Å². The minimum Gasteiger partial charge on any atom is -0.444 e. The Hall–Kier alpha value is -2.12. The lowest BCUT2D eigenvalue weighted by Gasteiger charge is -2.33. The second-order valence-electron chi connectivity index (χ2n) is 7.18. The highest BCUT2D eigenvalue weighted by Crippen LogP contribution is 2.19. The Balaban J connectivity index is 1.62. The van der Waals surface area contributed by atoms with Crippen LogP contribution in [0.4, 0.5) is 4.79 Å². The van der Waals surface area contributed by atoms with Gasteiger partial charge in [-0.25, -0.2) is 4.79 Å². The lowest BCUT2D eigenvalue weighted by Crippen LogP contribution is -2.43. The first-order chi connectivity index (χ1) is 11.3. The normalized spacial score (nSPS) is 16.0. The number of aryl methyl sites for hydroxylation is 1. The predicted molar refractivity (Wildman–Crippen MR) is 88.2 cm³/mol. The van der Waals surface area contributed by atoms with E-state index in [0.717, 1.165) is 18.5 Å². The summed E-state index contributed by atoms with van der Waals surface area (Å²) in [5.41, 5.74) is 0.321. The SMILES string of the molecule is CC(C)(C)OC(=O)N1CCC(CNC(=O)CCc2cn[nH]n2)CC1. The van der Waals surface area contributed by atoms with E-state index in [2.05, 4.69) is 20.7 Å². The Bertz CT molecular complexity index is 530. The van der Waals surface area contributed by atoms with Gasteiger partial charge in [-0.3, -0.25) is 4.79 Å². The summed E-state index contributed by atoms with van der Waals surface area (Å²) in [5, 5.41) is 13.1. The van der Waals surface area contributed by atoms with Crippen molar-refractivity contribution in [2.24, 2.45) is 5.92 Å². The van der Waals surface area contributed by atoms with Crippen LogP contribution in [0.1, 0.15) is 45.7 Å². The van der Waals surface area contributed by atoms with E-state index in [9.17, 15) is 9.59 Å². The van der Waals surface area contributed by atoms with Crippen molar-refractivity contribution in [3.8, 4) is 0 Å². The van der Waals surface area contributed by atoms with E-state index < -0.39 is 5.60 Å². The first-order valence-corrected chi connectivity index (χ1v) is 8.43. The van der Waals surface area contributed by atoms with Gasteiger partial charge in [0.1, 0.15) is 5.60 Å². The molecule has 0 unspecified atom stereocenters. The second-order valence-corrected chi connectivity index (χ2v) is 7.18. The highest BCUT2D eigenvalue weighted by Gasteiger charge is 2.26. The fraction of sp³-hybridized carbons (Fsp3) is 0.750. The number of aromatic nitrogens is 3. The largest absolute Gasteiger partial charge is 0.444 e. The van der Waals surface area contributed by atoms with E-state index in [4.69, 9.17) is 4.74 Å². The number of nitrogens with zero attached hydrogens (tertiary/aromatic N) is 3. The van der Waals surface area contributed by atoms with Crippen molar-refractivity contribution in [2.45, 2.75) is 52.1 Å². The number of piperidine rings is 1. The summed E-state index contributed by atoms with van der Waals surface area (Å²) < 4.78 is 5.38. The molecule has 0 radical (unpaired) electrons. The molecular formula is C16H27N5O3. The summed E-state index contributed by atoms with van der Waals surface area (Å²) in [6, 6.07) is 0. The smallest absolute Gasteiger partial charge is 0.410 e. The zero-order chi connectivity index (χ0) is 17.6. The van der Waals surface area contributed by atoms with Gasteiger partial charge in [-0.15, -0.1) is 0 Å². The van der Waals surface area contributed by atoms with Crippen LogP contribution in [0, 0.1) is 5.92 Å². The Morgan fingerprint density at radius 1 is 1.38 bits per heavy atom. The van der Waals surface area contributed by atoms with Gasteiger partial charge in [-0.05, 0) is 39.5 Å². The topological polar surface area (TPSA) is 100 Å². The van der Waals surface area contributed by atoms with Crippen molar-refractivity contribution in [3.63, 3.8) is 0 Å². The van der Waals surface area contributed by atoms with E-state index in [1.807, 2.05) is 20.8 Å². The lowest BCUT2D eigenvalue weighted by molar-refractivity contribution is -0.121. The maximum Gasteiger partial charge on any atom is 0.410 e. The number of nitrogens with one attached hydrogen (secondary N) is 2. The molecule has 1 aliphatic heterocycles. The quantitative estimate of drug-likeness (QED) is 0.848. The molecule has 2 N–H and O–H groups in total. The van der Waals surface area contributed by atoms with E-state index >= 15 is 0 Å². The van der Waals surface area contributed by atoms with Gasteiger partial charge in [-0.2, -0.15) is 15.4 Å². The summed E-state index contributed by atoms with van der Waals surface area (Å²) in [6.07, 6.45) is 4.12. The first-order valence-electron chi connectivity index (χ1n) is 8.43. The van der Waals surface area contributed by atoms with E-state index in [0.29, 0.717) is 38.4 Å². The zero-order valence-corrected chi connectivity index (χ0v) is 14.7. The Kier molecular flexibility index (Phi) is 6.16. The number of ether oxygens (including phenoxy) is 1. The monoisotopic (exact) mass is 337 g/mol. The number of aromatic amines is 1. The van der Waals surface area contributed by atoms with Crippen LogP contribution in [0.5, 0.6) is 0 Å². The van der Waals surface area contributed by atoms with E-state index in [-0.39, 0.29) is 12.0 Å². The van der Waals surface area contributed by atoms with Crippen molar-refractivity contribution in [2.75, 3.05) is 19.6 Å². The van der Waals surface area contributed by atoms with Gasteiger partial charge in [0.2, 0.25) is 5.91 Å². The molecular weight excluding hydrogens is 310 g/mol. The molecule has 0 spiro atoms. The number of carbonyl (C=O) groups is 2. The number of hydrogen-bond donors (Lipinski definition) is 2. The fourth-order valence-electron chi connectivity index (χ4n) is 2.58. The predicted octanol–water partition coefficient (Wildman–Crippen LogP) is 1.50. The summed E-state index contributed by atoms with van der Waals surface area (Å²) >= 11 is 0. The molecule has 0 saturated carbocycles. The van der Waals surface area contributed by atoms with Gasteiger partial charge in [0.15, 0.2) is 0 Å². The molecule has 0 bridgehead atoms. The lowest BCUT2D eigenvalue weighted by atomic mass is 9.97. The van der Waals surface area contributed by atoms with Crippen LogP contribution in [0.15, 0.2) is 6.20 Å². The Morgan fingerprint density at radius 3 is 2.67 bits per heavy atom. The molecule has 2 amide bonds. The van der Waals surface area contributed by atoms with Crippen LogP contribution < -0.4 is 5.32 Å². The van der Waals surface area contributed by atoms with E-state index in [1.54, 1.807) is 11.1 Å². The van der Waals surface area contributed by atoms with Crippen molar-refractivity contribution in [3.05, 3.63) is 11.9 Å². The molecule has 2 heterocycles. The van der Waals surface area contributed by atoms with Crippen LogP contribution >= 0.6 is 0 Å². The summed E-state index contributed by atoms with van der Waals surface area (Å²) in [4.78, 5) is 25.6. The van der Waals surface area contributed by atoms with Gasteiger partial charge in [0.05, 0.1) is 11.9 Å². The number of amides is 2. The third-order valence-corrected chi connectivity index (χ3v) is 3.93. The third-order valence-electron chi connectivity index (χ3n) is 3.93. The fourth-order valence-corrected chi connectivity index (χ4v) is 2.58. The number of rotatable bonds is 5. The Morgan fingerprint density at radius 2 is 2.08 bits per heavy atom. The first kappa shape index (κ1) is 18.2. The van der Waals surface area contributed by atoms with Crippen molar-refractivity contribution in [1.82, 2.24) is 25.6 Å². The van der Waals surface area contributed by atoms with Gasteiger partial charge in [0, 0.05) is 32.5 Å². The van der Waals surface area contributed by atoms with Crippen LogP contribution in [0.2, 0.25) is 0 Å². The van der Waals surface area contributed by atoms with Crippen LogP contribution in [0.3, 0.4) is 0 Å². The number of likely N-dealkylation sites (tertiary alicyclic amines) is 1. The van der Waals surface area contributed by atoms with Crippen LogP contribution in [0.25, 0.3) is 0 Å². The summed E-state index contributed by atoms with van der Waals surface area (Å²) in [7, 11) is 0. The van der Waals surface area contributed by atoms with Crippen molar-refractivity contribution < 1.29 is 14.3 Å². The molecule has 1 aromatic heterocycles. The molecule has 1 saturated heterocycles. The highest BCUT2D eigenvalue weighted by molar-refractivity contribution is 5.76. The minimum atomic E-state index is -0.467. The Labute approximate surface area is 142 Å². The van der Waals surface area contributed by atoms with Crippen molar-refractivity contribution in [1.29, 1.82) is 0 Å². The zero-order valence-electron chi connectivity index (χ0n) is 14.7. The highest BCUT2D eigenvalue weighted by atomic mass is 16.6. The second kappa shape index (κ2) is 8.12. The molecule has 0 atom stereocenters. The van der Waals surface area contributed by atoms with E-state index in [1.165, 1.54) is 0 Å². The molecule has 1 aliphatic rings. The molecule has 134 valence electrons. The average molecular weight is 337 g/mol.